The van der Waals surface area contributed by atoms with Gasteiger partial charge < -0.3 is 9.64 Å². The molecule has 0 amide bonds. The molecule has 1 unspecified atom stereocenters. The summed E-state index contributed by atoms with van der Waals surface area (Å²) in [6, 6.07) is 4.87. The average molecular weight is 306 g/mol. The Morgan fingerprint density at radius 1 is 1.32 bits per heavy atom. The molecular formula is C17H23FN2O2. The Morgan fingerprint density at radius 3 is 2.73 bits per heavy atom. The fraction of sp³-hybridized carbons (Fsp3) is 0.588. The van der Waals surface area contributed by atoms with E-state index in [9.17, 15) is 9.18 Å². The summed E-state index contributed by atoms with van der Waals surface area (Å²) in [5.41, 5.74) is 0.944. The molecule has 0 N–H and O–H groups in total. The highest BCUT2D eigenvalue weighted by atomic mass is 19.1. The molecule has 22 heavy (non-hydrogen) atoms. The van der Waals surface area contributed by atoms with Crippen molar-refractivity contribution in [3.8, 4) is 0 Å². The molecule has 0 aliphatic carbocycles. The molecular weight excluding hydrogens is 283 g/mol. The van der Waals surface area contributed by atoms with Crippen LogP contribution in [0.4, 0.5) is 10.1 Å². The molecule has 2 aliphatic heterocycles. The zero-order valence-corrected chi connectivity index (χ0v) is 13.1. The first-order chi connectivity index (χ1) is 10.6. The molecule has 1 aromatic rings. The lowest BCUT2D eigenvalue weighted by molar-refractivity contribution is 0.0712. The fourth-order valence-electron chi connectivity index (χ4n) is 3.37. The van der Waals surface area contributed by atoms with Gasteiger partial charge in [-0.25, -0.2) is 4.39 Å². The molecule has 2 fully saturated rings. The van der Waals surface area contributed by atoms with Crippen LogP contribution in [0.3, 0.4) is 0 Å². The molecule has 0 spiro atoms. The van der Waals surface area contributed by atoms with Gasteiger partial charge in [0.2, 0.25) is 0 Å². The lowest BCUT2D eigenvalue weighted by Crippen LogP contribution is -2.48. The Bertz CT molecular complexity index is 535. The molecule has 0 aromatic heterocycles. The van der Waals surface area contributed by atoms with Gasteiger partial charge in [0.1, 0.15) is 5.82 Å². The molecule has 0 saturated carbocycles. The highest BCUT2D eigenvalue weighted by molar-refractivity contribution is 6.00. The molecule has 1 atom stereocenters. The smallest absolute Gasteiger partial charge is 0.164 e. The van der Waals surface area contributed by atoms with E-state index in [4.69, 9.17) is 4.74 Å². The molecule has 0 bridgehead atoms. The van der Waals surface area contributed by atoms with Crippen LogP contribution in [0.2, 0.25) is 0 Å². The molecule has 0 radical (unpaired) electrons. The molecule has 2 aliphatic rings. The first kappa shape index (κ1) is 15.4. The Balaban J connectivity index is 1.64. The third-order valence-electron chi connectivity index (χ3n) is 4.54. The molecule has 120 valence electrons. The van der Waals surface area contributed by atoms with Gasteiger partial charge in [0, 0.05) is 39.3 Å². The van der Waals surface area contributed by atoms with E-state index in [1.165, 1.54) is 13.0 Å². The monoisotopic (exact) mass is 306 g/mol. The summed E-state index contributed by atoms with van der Waals surface area (Å²) in [6.07, 6.45) is 2.68. The van der Waals surface area contributed by atoms with Crippen molar-refractivity contribution in [1.82, 2.24) is 4.90 Å². The van der Waals surface area contributed by atoms with Crippen LogP contribution in [0.15, 0.2) is 18.2 Å². The number of carbonyl (C=O) groups is 1. The molecule has 3 rings (SSSR count). The van der Waals surface area contributed by atoms with Crippen LogP contribution in [-0.4, -0.2) is 56.1 Å². The summed E-state index contributed by atoms with van der Waals surface area (Å²) < 4.78 is 19.6. The quantitative estimate of drug-likeness (QED) is 0.799. The van der Waals surface area contributed by atoms with Crippen molar-refractivity contribution in [1.29, 1.82) is 0 Å². The molecule has 5 heteroatoms. The highest BCUT2D eigenvalue weighted by Gasteiger charge is 2.25. The summed E-state index contributed by atoms with van der Waals surface area (Å²) in [4.78, 5) is 16.2. The Hall–Kier alpha value is -1.46. The van der Waals surface area contributed by atoms with Gasteiger partial charge in [-0.05, 0) is 31.9 Å². The van der Waals surface area contributed by atoms with E-state index in [2.05, 4.69) is 9.80 Å². The van der Waals surface area contributed by atoms with Crippen LogP contribution in [0.25, 0.3) is 0 Å². The van der Waals surface area contributed by atoms with Crippen molar-refractivity contribution in [3.05, 3.63) is 29.6 Å². The average Bonchev–Trinajstić information content (AvgIpc) is 3.00. The summed E-state index contributed by atoms with van der Waals surface area (Å²) in [5, 5.41) is 0. The van der Waals surface area contributed by atoms with Crippen LogP contribution in [0.5, 0.6) is 0 Å². The first-order valence-corrected chi connectivity index (χ1v) is 8.03. The number of benzene rings is 1. The number of nitrogens with zero attached hydrogens (tertiary/aromatic N) is 2. The standard InChI is InChI=1S/C17H23FN2O2/c1-13(21)17-15(18)5-2-6-16(17)20-9-7-19(8-10-20)12-14-4-3-11-22-14/h2,5-6,14H,3-4,7-12H2,1H3. The van der Waals surface area contributed by atoms with E-state index < -0.39 is 5.82 Å². The minimum absolute atomic E-state index is 0.213. The van der Waals surface area contributed by atoms with Gasteiger partial charge in [0.15, 0.2) is 5.78 Å². The second-order valence-corrected chi connectivity index (χ2v) is 6.11. The topological polar surface area (TPSA) is 32.8 Å². The summed E-state index contributed by atoms with van der Waals surface area (Å²) in [7, 11) is 0. The van der Waals surface area contributed by atoms with E-state index >= 15 is 0 Å². The summed E-state index contributed by atoms with van der Waals surface area (Å²) in [5.74, 6) is -0.637. The first-order valence-electron chi connectivity index (χ1n) is 8.03. The third-order valence-corrected chi connectivity index (χ3v) is 4.54. The number of hydrogen-bond acceptors (Lipinski definition) is 4. The molecule has 1 aromatic carbocycles. The van der Waals surface area contributed by atoms with Crippen LogP contribution < -0.4 is 4.90 Å². The SMILES string of the molecule is CC(=O)c1c(F)cccc1N1CCN(CC2CCCO2)CC1. The minimum Gasteiger partial charge on any atom is -0.377 e. The predicted octanol–water partition coefficient (Wildman–Crippen LogP) is 2.33. The number of hydrogen-bond donors (Lipinski definition) is 0. The van der Waals surface area contributed by atoms with Crippen LogP contribution in [0.1, 0.15) is 30.1 Å². The van der Waals surface area contributed by atoms with E-state index in [0.29, 0.717) is 6.10 Å². The van der Waals surface area contributed by atoms with Crippen molar-refractivity contribution in [2.75, 3.05) is 44.2 Å². The number of rotatable bonds is 4. The number of carbonyl (C=O) groups excluding carboxylic acids is 1. The van der Waals surface area contributed by atoms with E-state index in [-0.39, 0.29) is 11.3 Å². The normalized spacial score (nSPS) is 23.0. The van der Waals surface area contributed by atoms with Gasteiger partial charge in [0.05, 0.1) is 17.4 Å². The zero-order valence-electron chi connectivity index (χ0n) is 13.1. The van der Waals surface area contributed by atoms with Gasteiger partial charge in [-0.1, -0.05) is 6.07 Å². The highest BCUT2D eigenvalue weighted by Crippen LogP contribution is 2.25. The fourth-order valence-corrected chi connectivity index (χ4v) is 3.37. The number of piperazine rings is 1. The summed E-state index contributed by atoms with van der Waals surface area (Å²) in [6.45, 7) is 6.77. The van der Waals surface area contributed by atoms with Gasteiger partial charge in [-0.15, -0.1) is 0 Å². The van der Waals surface area contributed by atoms with Crippen LogP contribution in [0, 0.1) is 5.82 Å². The maximum atomic E-state index is 13.9. The Labute approximate surface area is 130 Å². The summed E-state index contributed by atoms with van der Waals surface area (Å²) >= 11 is 0. The second-order valence-electron chi connectivity index (χ2n) is 6.11. The second kappa shape index (κ2) is 6.75. The van der Waals surface area contributed by atoms with Crippen molar-refractivity contribution in [2.45, 2.75) is 25.9 Å². The van der Waals surface area contributed by atoms with E-state index in [1.54, 1.807) is 6.07 Å². The van der Waals surface area contributed by atoms with E-state index in [1.807, 2.05) is 6.07 Å². The van der Waals surface area contributed by atoms with Gasteiger partial charge in [-0.2, -0.15) is 0 Å². The molecule has 2 heterocycles. The largest absolute Gasteiger partial charge is 0.377 e. The Kier molecular flexibility index (Phi) is 4.74. The van der Waals surface area contributed by atoms with Gasteiger partial charge >= 0.3 is 0 Å². The van der Waals surface area contributed by atoms with Gasteiger partial charge in [0.25, 0.3) is 0 Å². The number of ketones is 1. The maximum Gasteiger partial charge on any atom is 0.164 e. The minimum atomic E-state index is -0.424. The lowest BCUT2D eigenvalue weighted by Gasteiger charge is -2.37. The predicted molar refractivity (Wildman–Crippen MR) is 84.0 cm³/mol. The van der Waals surface area contributed by atoms with Gasteiger partial charge in [-0.3, -0.25) is 9.69 Å². The lowest BCUT2D eigenvalue weighted by atomic mass is 10.1. The van der Waals surface area contributed by atoms with Crippen LogP contribution in [-0.2, 0) is 4.74 Å². The molecule has 4 nitrogen and oxygen atoms in total. The van der Waals surface area contributed by atoms with Crippen molar-refractivity contribution in [2.24, 2.45) is 0 Å². The van der Waals surface area contributed by atoms with E-state index in [0.717, 1.165) is 57.9 Å². The van der Waals surface area contributed by atoms with Crippen LogP contribution >= 0.6 is 0 Å². The molecule has 2 saturated heterocycles. The third kappa shape index (κ3) is 3.31. The zero-order chi connectivity index (χ0) is 15.5. The number of halogens is 1. The number of anilines is 1. The Morgan fingerprint density at radius 2 is 2.09 bits per heavy atom. The van der Waals surface area contributed by atoms with Crippen molar-refractivity contribution in [3.63, 3.8) is 0 Å². The van der Waals surface area contributed by atoms with Crippen molar-refractivity contribution >= 4 is 11.5 Å². The number of ether oxygens (including phenoxy) is 1. The van der Waals surface area contributed by atoms with Crippen molar-refractivity contribution < 1.29 is 13.9 Å². The number of Topliss-reactive ketones (excluding diaryl/α,β-unsaturated/α-hetero) is 1. The maximum absolute atomic E-state index is 13.9.